The van der Waals surface area contributed by atoms with Crippen molar-refractivity contribution in [3.8, 4) is 0 Å². The lowest BCUT2D eigenvalue weighted by Gasteiger charge is -2.11. The molecule has 114 valence electrons. The molecule has 0 fully saturated rings. The first-order valence-corrected chi connectivity index (χ1v) is 6.66. The van der Waals surface area contributed by atoms with E-state index in [-0.39, 0.29) is 24.7 Å². The van der Waals surface area contributed by atoms with Gasteiger partial charge in [0.15, 0.2) is 0 Å². The minimum Gasteiger partial charge on any atom is -0.466 e. The molecule has 21 heavy (non-hydrogen) atoms. The highest BCUT2D eigenvalue weighted by molar-refractivity contribution is 5.65. The third-order valence-electron chi connectivity index (χ3n) is 2.86. The van der Waals surface area contributed by atoms with Crippen molar-refractivity contribution in [2.75, 3.05) is 25.6 Å². The highest BCUT2D eigenvalue weighted by atomic mass is 16.6. The van der Waals surface area contributed by atoms with Crippen LogP contribution >= 0.6 is 0 Å². The fourth-order valence-corrected chi connectivity index (χ4v) is 1.75. The van der Waals surface area contributed by atoms with Crippen LogP contribution < -0.4 is 4.90 Å². The molecule has 6 heteroatoms. The summed E-state index contributed by atoms with van der Waals surface area (Å²) in [6.07, 6.45) is 2.24. The van der Waals surface area contributed by atoms with Gasteiger partial charge in [-0.2, -0.15) is 0 Å². The number of esters is 1. The van der Waals surface area contributed by atoms with E-state index in [4.69, 9.17) is 4.74 Å². The maximum atomic E-state index is 11.0. The molecule has 1 rings (SSSR count). The molecule has 0 spiro atoms. The highest BCUT2D eigenvalue weighted by Crippen LogP contribution is 2.16. The Balaban J connectivity index is 2.70. The molecular weight excluding hydrogens is 272 g/mol. The SMILES string of the molecule is CC(=O)OCCC/C(=C\c1ccc(N(C)C)cc1)[N+](=O)[O-]. The van der Waals surface area contributed by atoms with Gasteiger partial charge in [-0.05, 0) is 24.1 Å². The second kappa shape index (κ2) is 8.04. The van der Waals surface area contributed by atoms with Crippen molar-refractivity contribution in [1.29, 1.82) is 0 Å². The lowest BCUT2D eigenvalue weighted by atomic mass is 10.1. The molecule has 6 nitrogen and oxygen atoms in total. The van der Waals surface area contributed by atoms with E-state index in [2.05, 4.69) is 0 Å². The maximum absolute atomic E-state index is 11.0. The van der Waals surface area contributed by atoms with E-state index in [1.807, 2.05) is 43.3 Å². The second-order valence-electron chi connectivity index (χ2n) is 4.82. The van der Waals surface area contributed by atoms with Gasteiger partial charge in [0.2, 0.25) is 5.70 Å². The molecule has 0 amide bonds. The number of hydrogen-bond acceptors (Lipinski definition) is 5. The smallest absolute Gasteiger partial charge is 0.302 e. The van der Waals surface area contributed by atoms with Crippen molar-refractivity contribution in [2.24, 2.45) is 0 Å². The van der Waals surface area contributed by atoms with Crippen LogP contribution in [0, 0.1) is 10.1 Å². The largest absolute Gasteiger partial charge is 0.466 e. The Morgan fingerprint density at radius 2 is 1.95 bits per heavy atom. The summed E-state index contributed by atoms with van der Waals surface area (Å²) in [4.78, 5) is 23.2. The van der Waals surface area contributed by atoms with E-state index in [1.54, 1.807) is 6.08 Å². The van der Waals surface area contributed by atoms with Crippen LogP contribution in [0.15, 0.2) is 30.0 Å². The van der Waals surface area contributed by atoms with Crippen LogP contribution in [0.25, 0.3) is 6.08 Å². The first kappa shape index (κ1) is 16.7. The van der Waals surface area contributed by atoms with Gasteiger partial charge in [0.1, 0.15) is 0 Å². The first-order valence-electron chi connectivity index (χ1n) is 6.66. The molecule has 0 aliphatic heterocycles. The van der Waals surface area contributed by atoms with Gasteiger partial charge < -0.3 is 9.64 Å². The van der Waals surface area contributed by atoms with Crippen molar-refractivity contribution >= 4 is 17.7 Å². The molecule has 1 aromatic rings. The van der Waals surface area contributed by atoms with E-state index in [0.29, 0.717) is 6.42 Å². The van der Waals surface area contributed by atoms with Gasteiger partial charge in [-0.15, -0.1) is 0 Å². The number of nitrogens with zero attached hydrogens (tertiary/aromatic N) is 2. The van der Waals surface area contributed by atoms with Crippen LogP contribution in [0.3, 0.4) is 0 Å². The number of benzene rings is 1. The van der Waals surface area contributed by atoms with Crippen LogP contribution in [0.1, 0.15) is 25.3 Å². The van der Waals surface area contributed by atoms with Crippen LogP contribution in [-0.2, 0) is 9.53 Å². The van der Waals surface area contributed by atoms with Crippen molar-refractivity contribution in [3.05, 3.63) is 45.6 Å². The normalized spacial score (nSPS) is 11.1. The summed E-state index contributed by atoms with van der Waals surface area (Å²) in [5.74, 6) is -0.374. The molecule has 0 aliphatic carbocycles. The predicted octanol–water partition coefficient (Wildman–Crippen LogP) is 2.71. The molecule has 0 N–H and O–H groups in total. The summed E-state index contributed by atoms with van der Waals surface area (Å²) < 4.78 is 4.77. The standard InChI is InChI=1S/C15H20N2O4/c1-12(18)21-10-4-5-15(17(19)20)11-13-6-8-14(9-7-13)16(2)3/h6-9,11H,4-5,10H2,1-3H3/b15-11+. The fraction of sp³-hybridized carbons (Fsp3) is 0.400. The second-order valence-corrected chi connectivity index (χ2v) is 4.82. The zero-order chi connectivity index (χ0) is 15.8. The Morgan fingerprint density at radius 3 is 2.43 bits per heavy atom. The molecule has 0 atom stereocenters. The lowest BCUT2D eigenvalue weighted by Crippen LogP contribution is -2.08. The van der Waals surface area contributed by atoms with Gasteiger partial charge in [0.05, 0.1) is 11.5 Å². The molecule has 0 saturated heterocycles. The van der Waals surface area contributed by atoms with E-state index < -0.39 is 4.92 Å². The number of nitro groups is 1. The topological polar surface area (TPSA) is 72.7 Å². The van der Waals surface area contributed by atoms with Crippen molar-refractivity contribution < 1.29 is 14.5 Å². The van der Waals surface area contributed by atoms with Gasteiger partial charge in [-0.1, -0.05) is 12.1 Å². The molecule has 0 radical (unpaired) electrons. The molecule has 0 bridgehead atoms. The molecular formula is C15H20N2O4. The summed E-state index contributed by atoms with van der Waals surface area (Å²) in [5.41, 5.74) is 1.92. The summed E-state index contributed by atoms with van der Waals surface area (Å²) in [6.45, 7) is 1.51. The van der Waals surface area contributed by atoms with Gasteiger partial charge in [0, 0.05) is 39.2 Å². The number of carbonyl (C=O) groups is 1. The molecule has 0 aliphatic rings. The first-order chi connectivity index (χ1) is 9.90. The Kier molecular flexibility index (Phi) is 6.39. The fourth-order valence-electron chi connectivity index (χ4n) is 1.75. The summed E-state index contributed by atoms with van der Waals surface area (Å²) >= 11 is 0. The number of ether oxygens (including phenoxy) is 1. The van der Waals surface area contributed by atoms with Gasteiger partial charge in [0.25, 0.3) is 0 Å². The minimum absolute atomic E-state index is 0.111. The van der Waals surface area contributed by atoms with Gasteiger partial charge in [-0.3, -0.25) is 14.9 Å². The van der Waals surface area contributed by atoms with Crippen molar-refractivity contribution in [1.82, 2.24) is 0 Å². The summed E-state index contributed by atoms with van der Waals surface area (Å²) in [5, 5.41) is 11.0. The third kappa shape index (κ3) is 6.07. The molecule has 0 unspecified atom stereocenters. The number of rotatable bonds is 7. The highest BCUT2D eigenvalue weighted by Gasteiger charge is 2.11. The average molecular weight is 292 g/mol. The van der Waals surface area contributed by atoms with Gasteiger partial charge in [-0.25, -0.2) is 0 Å². The molecule has 0 aromatic heterocycles. The minimum atomic E-state index is -0.395. The third-order valence-corrected chi connectivity index (χ3v) is 2.86. The lowest BCUT2D eigenvalue weighted by molar-refractivity contribution is -0.426. The predicted molar refractivity (Wildman–Crippen MR) is 81.6 cm³/mol. The Hall–Kier alpha value is -2.37. The van der Waals surface area contributed by atoms with Crippen LogP contribution in [0.4, 0.5) is 5.69 Å². The van der Waals surface area contributed by atoms with E-state index in [1.165, 1.54) is 6.92 Å². The summed E-state index contributed by atoms with van der Waals surface area (Å²) in [6, 6.07) is 7.49. The molecule has 0 saturated carbocycles. The Morgan fingerprint density at radius 1 is 1.33 bits per heavy atom. The zero-order valence-electron chi connectivity index (χ0n) is 12.5. The average Bonchev–Trinajstić information content (AvgIpc) is 2.42. The quantitative estimate of drug-likeness (QED) is 0.334. The summed E-state index contributed by atoms with van der Waals surface area (Å²) in [7, 11) is 3.87. The Labute approximate surface area is 124 Å². The van der Waals surface area contributed by atoms with Crippen LogP contribution in [-0.4, -0.2) is 31.6 Å². The zero-order valence-corrected chi connectivity index (χ0v) is 12.5. The number of hydrogen-bond donors (Lipinski definition) is 0. The van der Waals surface area contributed by atoms with E-state index >= 15 is 0 Å². The number of allylic oxidation sites excluding steroid dienone is 1. The van der Waals surface area contributed by atoms with Crippen LogP contribution in [0.5, 0.6) is 0 Å². The van der Waals surface area contributed by atoms with Crippen LogP contribution in [0.2, 0.25) is 0 Å². The van der Waals surface area contributed by atoms with Crippen molar-refractivity contribution in [2.45, 2.75) is 19.8 Å². The number of anilines is 1. The van der Waals surface area contributed by atoms with E-state index in [0.717, 1.165) is 11.3 Å². The monoisotopic (exact) mass is 292 g/mol. The van der Waals surface area contributed by atoms with Crippen molar-refractivity contribution in [3.63, 3.8) is 0 Å². The van der Waals surface area contributed by atoms with Gasteiger partial charge >= 0.3 is 5.97 Å². The Bertz CT molecular complexity index is 521. The molecule has 1 aromatic carbocycles. The van der Waals surface area contributed by atoms with E-state index in [9.17, 15) is 14.9 Å². The maximum Gasteiger partial charge on any atom is 0.302 e. The molecule has 0 heterocycles. The number of carbonyl (C=O) groups excluding carboxylic acids is 1.